The highest BCUT2D eigenvalue weighted by Crippen LogP contribution is 2.52. The number of likely N-dealkylation sites (tertiary alicyclic amines) is 1. The van der Waals surface area contributed by atoms with Gasteiger partial charge in [0.2, 0.25) is 5.91 Å². The summed E-state index contributed by atoms with van der Waals surface area (Å²) in [5.41, 5.74) is 3.37. The second kappa shape index (κ2) is 9.08. The molecule has 1 aliphatic heterocycles. The number of rotatable bonds is 6. The van der Waals surface area contributed by atoms with Crippen molar-refractivity contribution in [1.82, 2.24) is 10.2 Å². The van der Waals surface area contributed by atoms with E-state index in [4.69, 9.17) is 4.74 Å². The number of ether oxygens (including phenoxy) is 1. The molecule has 2 aromatic rings. The maximum Gasteiger partial charge on any atom is 0.230 e. The molecule has 0 radical (unpaired) electrons. The van der Waals surface area contributed by atoms with E-state index in [0.29, 0.717) is 5.75 Å². The van der Waals surface area contributed by atoms with Gasteiger partial charge < -0.3 is 10.1 Å². The Labute approximate surface area is 182 Å². The zero-order chi connectivity index (χ0) is 21.1. The zero-order valence-electron chi connectivity index (χ0n) is 17.6. The van der Waals surface area contributed by atoms with Crippen LogP contribution in [-0.4, -0.2) is 49.1 Å². The fourth-order valence-corrected chi connectivity index (χ4v) is 5.62. The van der Waals surface area contributed by atoms with Gasteiger partial charge in [0.15, 0.2) is 0 Å². The second-order valence-electron chi connectivity index (χ2n) is 8.28. The highest BCUT2D eigenvalue weighted by molar-refractivity contribution is 7.99. The van der Waals surface area contributed by atoms with Crippen LogP contribution in [0.4, 0.5) is 4.39 Å². The third-order valence-electron chi connectivity index (χ3n) is 6.57. The lowest BCUT2D eigenvalue weighted by Crippen LogP contribution is -2.50. The van der Waals surface area contributed by atoms with Crippen molar-refractivity contribution in [1.29, 1.82) is 0 Å². The van der Waals surface area contributed by atoms with Crippen LogP contribution in [0.2, 0.25) is 0 Å². The second-order valence-corrected chi connectivity index (χ2v) is 9.15. The summed E-state index contributed by atoms with van der Waals surface area (Å²) in [6.07, 6.45) is 3.75. The fraction of sp³-hybridized carbons (Fsp3) is 0.458. The summed E-state index contributed by atoms with van der Waals surface area (Å²) in [6, 6.07) is 15.2. The lowest BCUT2D eigenvalue weighted by atomic mass is 9.72. The number of nitrogens with one attached hydrogen (secondary N) is 1. The molecule has 1 spiro atoms. The molecule has 4 nitrogen and oxygen atoms in total. The molecule has 0 aromatic heterocycles. The molecule has 4 rings (SSSR count). The number of piperidine rings is 1. The summed E-state index contributed by atoms with van der Waals surface area (Å²) in [5.74, 6) is 0.308. The minimum absolute atomic E-state index is 0.0462. The van der Waals surface area contributed by atoms with Crippen molar-refractivity contribution in [2.24, 2.45) is 0 Å². The van der Waals surface area contributed by atoms with E-state index >= 15 is 0 Å². The van der Waals surface area contributed by atoms with Crippen molar-refractivity contribution in [2.45, 2.75) is 36.9 Å². The smallest absolute Gasteiger partial charge is 0.230 e. The molecule has 0 unspecified atom stereocenters. The van der Waals surface area contributed by atoms with E-state index in [2.05, 4.69) is 28.4 Å². The quantitative estimate of drug-likeness (QED) is 0.758. The number of carbonyl (C=O) groups is 1. The summed E-state index contributed by atoms with van der Waals surface area (Å²) in [6.45, 7) is 2.58. The number of halogens is 1. The first-order valence-corrected chi connectivity index (χ1v) is 11.8. The first-order chi connectivity index (χ1) is 14.6. The molecule has 1 aliphatic carbocycles. The number of thioether (sulfide) groups is 1. The number of amides is 1. The van der Waals surface area contributed by atoms with Crippen molar-refractivity contribution in [3.63, 3.8) is 0 Å². The van der Waals surface area contributed by atoms with Crippen LogP contribution in [-0.2, 0) is 21.5 Å². The molecule has 1 N–H and O–H groups in total. The third-order valence-corrected chi connectivity index (χ3v) is 7.12. The largest absolute Gasteiger partial charge is 0.378 e. The molecule has 30 heavy (non-hydrogen) atoms. The van der Waals surface area contributed by atoms with Crippen LogP contribution < -0.4 is 5.32 Å². The maximum absolute atomic E-state index is 13.6. The van der Waals surface area contributed by atoms with E-state index in [1.54, 1.807) is 19.2 Å². The Morgan fingerprint density at radius 1 is 1.23 bits per heavy atom. The molecule has 1 fully saturated rings. The topological polar surface area (TPSA) is 41.6 Å². The van der Waals surface area contributed by atoms with Gasteiger partial charge in [0.1, 0.15) is 5.82 Å². The Kier molecular flexibility index (Phi) is 6.46. The van der Waals surface area contributed by atoms with Gasteiger partial charge in [0.05, 0.1) is 17.9 Å². The number of fused-ring (bicyclic) bond motifs is 2. The summed E-state index contributed by atoms with van der Waals surface area (Å²) < 4.78 is 19.6. The fourth-order valence-electron chi connectivity index (χ4n) is 5.28. The number of hydrogen-bond donors (Lipinski definition) is 1. The molecule has 2 atom stereocenters. The van der Waals surface area contributed by atoms with Gasteiger partial charge >= 0.3 is 0 Å². The highest BCUT2D eigenvalue weighted by Gasteiger charge is 2.53. The first kappa shape index (κ1) is 21.3. The molecule has 6 heteroatoms. The predicted molar refractivity (Wildman–Crippen MR) is 119 cm³/mol. The van der Waals surface area contributed by atoms with E-state index in [1.165, 1.54) is 29.0 Å². The average Bonchev–Trinajstić information content (AvgIpc) is 2.99. The Morgan fingerprint density at radius 2 is 2.00 bits per heavy atom. The standard InChI is InChI=1S/C24H29FN2O2S/c1-29-23-22(26-21(28)16-30-2)19-8-3-4-9-20(19)24(23)10-12-27(13-11-24)15-17-6-5-7-18(25)14-17/h3-9,14,22-23H,10-13,15-16H2,1-2H3,(H,26,28)/t22-,23+/m0/s1. The highest BCUT2D eigenvalue weighted by atomic mass is 32.2. The van der Waals surface area contributed by atoms with Crippen LogP contribution in [0.25, 0.3) is 0 Å². The maximum atomic E-state index is 13.6. The lowest BCUT2D eigenvalue weighted by Gasteiger charge is -2.44. The number of benzene rings is 2. The van der Waals surface area contributed by atoms with E-state index in [-0.39, 0.29) is 29.3 Å². The molecular weight excluding hydrogens is 399 g/mol. The Hall–Kier alpha value is -1.89. The molecular formula is C24H29FN2O2S. The Morgan fingerprint density at radius 3 is 2.70 bits per heavy atom. The monoisotopic (exact) mass is 428 g/mol. The van der Waals surface area contributed by atoms with Gasteiger partial charge in [-0.3, -0.25) is 9.69 Å². The molecule has 2 aliphatic rings. The zero-order valence-corrected chi connectivity index (χ0v) is 18.4. The van der Waals surface area contributed by atoms with Gasteiger partial charge in [-0.1, -0.05) is 36.4 Å². The van der Waals surface area contributed by atoms with Crippen molar-refractivity contribution in [2.75, 3.05) is 32.2 Å². The molecule has 0 saturated carbocycles. The summed E-state index contributed by atoms with van der Waals surface area (Å²) >= 11 is 1.53. The number of methoxy groups -OCH3 is 1. The lowest BCUT2D eigenvalue weighted by molar-refractivity contribution is -0.121. The van der Waals surface area contributed by atoms with Crippen molar-refractivity contribution < 1.29 is 13.9 Å². The summed E-state index contributed by atoms with van der Waals surface area (Å²) in [4.78, 5) is 14.8. The number of carbonyl (C=O) groups excluding carboxylic acids is 1. The van der Waals surface area contributed by atoms with E-state index in [9.17, 15) is 9.18 Å². The summed E-state index contributed by atoms with van der Waals surface area (Å²) in [7, 11) is 1.76. The molecule has 1 amide bonds. The molecule has 160 valence electrons. The minimum Gasteiger partial charge on any atom is -0.378 e. The first-order valence-electron chi connectivity index (χ1n) is 10.4. The van der Waals surface area contributed by atoms with Gasteiger partial charge in [-0.05, 0) is 61.0 Å². The van der Waals surface area contributed by atoms with Gasteiger partial charge in [-0.15, -0.1) is 0 Å². The molecule has 1 saturated heterocycles. The van der Waals surface area contributed by atoms with Gasteiger partial charge in [0.25, 0.3) is 0 Å². The SMILES string of the molecule is CO[C@@H]1[C@@H](NC(=O)CSC)c2ccccc2C12CCN(Cc1cccc(F)c1)CC2. The van der Waals surface area contributed by atoms with Crippen LogP contribution in [0.15, 0.2) is 48.5 Å². The number of nitrogens with zero attached hydrogens (tertiary/aromatic N) is 1. The van der Waals surface area contributed by atoms with Crippen LogP contribution in [0.3, 0.4) is 0 Å². The van der Waals surface area contributed by atoms with Gasteiger partial charge in [-0.25, -0.2) is 4.39 Å². The average molecular weight is 429 g/mol. The van der Waals surface area contributed by atoms with Crippen LogP contribution >= 0.6 is 11.8 Å². The van der Waals surface area contributed by atoms with Crippen molar-refractivity contribution in [3.05, 3.63) is 71.0 Å². The molecule has 1 heterocycles. The van der Waals surface area contributed by atoms with Crippen molar-refractivity contribution in [3.8, 4) is 0 Å². The van der Waals surface area contributed by atoms with E-state index < -0.39 is 0 Å². The van der Waals surface area contributed by atoms with Gasteiger partial charge in [0, 0.05) is 19.1 Å². The van der Waals surface area contributed by atoms with Crippen molar-refractivity contribution >= 4 is 17.7 Å². The normalized spacial score (nSPS) is 22.8. The third kappa shape index (κ3) is 4.01. The molecule has 0 bridgehead atoms. The van der Waals surface area contributed by atoms with Crippen LogP contribution in [0, 0.1) is 5.82 Å². The molecule has 2 aromatic carbocycles. The van der Waals surface area contributed by atoms with E-state index in [0.717, 1.165) is 38.0 Å². The number of hydrogen-bond acceptors (Lipinski definition) is 4. The summed E-state index contributed by atoms with van der Waals surface area (Å²) in [5, 5.41) is 3.23. The van der Waals surface area contributed by atoms with Crippen LogP contribution in [0.5, 0.6) is 0 Å². The minimum atomic E-state index is -0.186. The predicted octanol–water partition coefficient (Wildman–Crippen LogP) is 3.91. The van der Waals surface area contributed by atoms with Gasteiger partial charge in [-0.2, -0.15) is 11.8 Å². The van der Waals surface area contributed by atoms with Crippen LogP contribution in [0.1, 0.15) is 35.6 Å². The Balaban J connectivity index is 1.55. The Bertz CT molecular complexity index is 898. The van der Waals surface area contributed by atoms with E-state index in [1.807, 2.05) is 18.4 Å².